The molecule has 3 aliphatic rings. The number of fused-ring (bicyclic) bond motifs is 2. The maximum absolute atomic E-state index is 12.5. The van der Waals surface area contributed by atoms with Crippen LogP contribution < -0.4 is 21.1 Å². The molecule has 3 aliphatic heterocycles. The first-order chi connectivity index (χ1) is 16.2. The van der Waals surface area contributed by atoms with E-state index >= 15 is 0 Å². The lowest BCUT2D eigenvalue weighted by Gasteiger charge is -2.29. The van der Waals surface area contributed by atoms with Crippen LogP contribution in [0.4, 0.5) is 11.4 Å². The quantitative estimate of drug-likeness (QED) is 0.405. The standard InChI is InChI=1S/C25H26N4O2S2/c30-24-14-18(29-8-10-31-11-9-29)13-20(28-24)19-2-1-3-22-25(19)33-21-5-4-16(12-23(21)32-22)27-17-6-7-26-15-17/h1-5,12-14,17,26-27H,6-11,15H2,(H,28,30). The van der Waals surface area contributed by atoms with E-state index in [-0.39, 0.29) is 5.56 Å². The van der Waals surface area contributed by atoms with Gasteiger partial charge < -0.3 is 25.3 Å². The molecule has 8 heteroatoms. The lowest BCUT2D eigenvalue weighted by atomic mass is 10.1. The number of pyridine rings is 1. The highest BCUT2D eigenvalue weighted by molar-refractivity contribution is 8.05. The first kappa shape index (κ1) is 21.2. The number of morpholine rings is 1. The predicted octanol–water partition coefficient (Wildman–Crippen LogP) is 4.27. The third-order valence-electron chi connectivity index (χ3n) is 6.28. The second-order valence-corrected chi connectivity index (χ2v) is 10.7. The van der Waals surface area contributed by atoms with Gasteiger partial charge in [0.25, 0.3) is 0 Å². The minimum Gasteiger partial charge on any atom is -0.381 e. The highest BCUT2D eigenvalue weighted by atomic mass is 32.2. The largest absolute Gasteiger partial charge is 0.381 e. The van der Waals surface area contributed by atoms with Crippen LogP contribution in [0.3, 0.4) is 0 Å². The zero-order valence-corrected chi connectivity index (χ0v) is 19.9. The van der Waals surface area contributed by atoms with Crippen molar-refractivity contribution in [3.63, 3.8) is 0 Å². The van der Waals surface area contributed by atoms with Crippen molar-refractivity contribution in [2.24, 2.45) is 0 Å². The molecular formula is C25H26N4O2S2. The number of benzene rings is 2. The predicted molar refractivity (Wildman–Crippen MR) is 135 cm³/mol. The highest BCUT2D eigenvalue weighted by Crippen LogP contribution is 2.52. The van der Waals surface area contributed by atoms with E-state index in [0.29, 0.717) is 19.3 Å². The Morgan fingerprint density at radius 1 is 1.00 bits per heavy atom. The SMILES string of the molecule is O=c1cc(N2CCOCC2)cc(-c2cccc3c2Sc2ccc(NC4CCNC4)cc2S3)[nH]1. The Morgan fingerprint density at radius 3 is 2.76 bits per heavy atom. The summed E-state index contributed by atoms with van der Waals surface area (Å²) in [6, 6.07) is 17.3. The fraction of sp³-hybridized carbons (Fsp3) is 0.320. The number of aromatic nitrogens is 1. The van der Waals surface area contributed by atoms with Gasteiger partial charge in [-0.2, -0.15) is 0 Å². The molecule has 33 heavy (non-hydrogen) atoms. The summed E-state index contributed by atoms with van der Waals surface area (Å²) in [5, 5.41) is 7.07. The number of nitrogens with zero attached hydrogens (tertiary/aromatic N) is 1. The number of anilines is 2. The summed E-state index contributed by atoms with van der Waals surface area (Å²) in [4.78, 5) is 22.8. The van der Waals surface area contributed by atoms with Crippen LogP contribution in [0, 0.1) is 0 Å². The molecule has 3 N–H and O–H groups in total. The molecule has 0 aliphatic carbocycles. The summed E-state index contributed by atoms with van der Waals surface area (Å²) in [5.41, 5.74) is 4.00. The van der Waals surface area contributed by atoms with Gasteiger partial charge in [0.1, 0.15) is 0 Å². The Labute approximate surface area is 201 Å². The first-order valence-corrected chi connectivity index (χ1v) is 13.0. The van der Waals surface area contributed by atoms with Gasteiger partial charge in [-0.05, 0) is 43.3 Å². The fourth-order valence-corrected chi connectivity index (χ4v) is 7.01. The van der Waals surface area contributed by atoms with Crippen LogP contribution in [0.15, 0.2) is 72.9 Å². The van der Waals surface area contributed by atoms with Gasteiger partial charge in [0.15, 0.2) is 0 Å². The van der Waals surface area contributed by atoms with E-state index in [1.54, 1.807) is 29.6 Å². The molecule has 0 spiro atoms. The lowest BCUT2D eigenvalue weighted by Crippen LogP contribution is -2.36. The monoisotopic (exact) mass is 478 g/mol. The molecular weight excluding hydrogens is 452 g/mol. The Balaban J connectivity index is 1.31. The van der Waals surface area contributed by atoms with Crippen LogP contribution in [0.25, 0.3) is 11.3 Å². The number of hydrogen-bond donors (Lipinski definition) is 3. The summed E-state index contributed by atoms with van der Waals surface area (Å²) < 4.78 is 5.48. The van der Waals surface area contributed by atoms with Crippen LogP contribution in [-0.2, 0) is 4.74 Å². The summed E-state index contributed by atoms with van der Waals surface area (Å²) in [6.07, 6.45) is 1.16. The van der Waals surface area contributed by atoms with Gasteiger partial charge in [0.2, 0.25) is 5.56 Å². The Hall–Kier alpha value is -2.39. The van der Waals surface area contributed by atoms with Gasteiger partial charge in [-0.15, -0.1) is 0 Å². The highest BCUT2D eigenvalue weighted by Gasteiger charge is 2.23. The van der Waals surface area contributed by atoms with Gasteiger partial charge >= 0.3 is 0 Å². The van der Waals surface area contributed by atoms with Crippen molar-refractivity contribution in [2.45, 2.75) is 32.0 Å². The van der Waals surface area contributed by atoms with Crippen molar-refractivity contribution in [3.8, 4) is 11.3 Å². The van der Waals surface area contributed by atoms with E-state index in [4.69, 9.17) is 4.74 Å². The van der Waals surface area contributed by atoms with Crippen molar-refractivity contribution < 1.29 is 4.74 Å². The molecule has 0 radical (unpaired) electrons. The number of H-pyrrole nitrogens is 1. The van der Waals surface area contributed by atoms with Crippen LogP contribution >= 0.6 is 23.5 Å². The molecule has 6 nitrogen and oxygen atoms in total. The van der Waals surface area contributed by atoms with Crippen molar-refractivity contribution in [2.75, 3.05) is 49.6 Å². The van der Waals surface area contributed by atoms with E-state index in [1.165, 1.54) is 25.3 Å². The van der Waals surface area contributed by atoms with Crippen molar-refractivity contribution in [3.05, 3.63) is 58.9 Å². The van der Waals surface area contributed by atoms with Crippen LogP contribution in [0.1, 0.15) is 6.42 Å². The van der Waals surface area contributed by atoms with Gasteiger partial charge in [0.05, 0.1) is 18.9 Å². The molecule has 170 valence electrons. The molecule has 0 amide bonds. The second kappa shape index (κ2) is 9.10. The third-order valence-corrected chi connectivity index (χ3v) is 8.88. The van der Waals surface area contributed by atoms with Crippen molar-refractivity contribution in [1.29, 1.82) is 0 Å². The number of ether oxygens (including phenoxy) is 1. The van der Waals surface area contributed by atoms with Gasteiger partial charge in [-0.3, -0.25) is 4.79 Å². The minimum atomic E-state index is -0.0717. The molecule has 2 saturated heterocycles. The zero-order chi connectivity index (χ0) is 22.2. The molecule has 1 aromatic heterocycles. The number of hydrogen-bond acceptors (Lipinski definition) is 7. The number of nitrogens with one attached hydrogen (secondary N) is 3. The zero-order valence-electron chi connectivity index (χ0n) is 18.2. The summed E-state index contributed by atoms with van der Waals surface area (Å²) in [6.45, 7) is 5.10. The van der Waals surface area contributed by atoms with E-state index < -0.39 is 0 Å². The molecule has 4 heterocycles. The molecule has 0 saturated carbocycles. The summed E-state index contributed by atoms with van der Waals surface area (Å²) >= 11 is 3.59. The summed E-state index contributed by atoms with van der Waals surface area (Å²) in [5.74, 6) is 0. The number of aromatic amines is 1. The second-order valence-electron chi connectivity index (χ2n) is 8.55. The Kier molecular flexibility index (Phi) is 5.84. The lowest BCUT2D eigenvalue weighted by molar-refractivity contribution is 0.122. The molecule has 1 atom stereocenters. The van der Waals surface area contributed by atoms with E-state index in [9.17, 15) is 4.79 Å². The van der Waals surface area contributed by atoms with Crippen LogP contribution in [0.5, 0.6) is 0 Å². The average molecular weight is 479 g/mol. The third kappa shape index (κ3) is 4.40. The minimum absolute atomic E-state index is 0.0717. The smallest absolute Gasteiger partial charge is 0.250 e. The van der Waals surface area contributed by atoms with Gasteiger partial charge in [-0.1, -0.05) is 35.7 Å². The number of rotatable bonds is 4. The van der Waals surface area contributed by atoms with E-state index in [2.05, 4.69) is 63.0 Å². The van der Waals surface area contributed by atoms with Crippen LogP contribution in [0.2, 0.25) is 0 Å². The maximum atomic E-state index is 12.5. The maximum Gasteiger partial charge on any atom is 0.250 e. The average Bonchev–Trinajstić information content (AvgIpc) is 3.35. The molecule has 1 unspecified atom stereocenters. The fourth-order valence-electron chi connectivity index (χ4n) is 4.60. The summed E-state index contributed by atoms with van der Waals surface area (Å²) in [7, 11) is 0. The van der Waals surface area contributed by atoms with Gasteiger partial charge in [-0.25, -0.2) is 0 Å². The Morgan fingerprint density at radius 2 is 1.91 bits per heavy atom. The Bertz CT molecular complexity index is 1230. The van der Waals surface area contributed by atoms with Crippen molar-refractivity contribution in [1.82, 2.24) is 10.3 Å². The van der Waals surface area contributed by atoms with E-state index in [1.807, 2.05) is 0 Å². The normalized spacial score (nSPS) is 19.8. The first-order valence-electron chi connectivity index (χ1n) is 11.4. The van der Waals surface area contributed by atoms with Gasteiger partial charge in [0, 0.05) is 68.3 Å². The molecule has 2 aromatic carbocycles. The van der Waals surface area contributed by atoms with Crippen LogP contribution in [-0.4, -0.2) is 50.4 Å². The molecule has 0 bridgehead atoms. The molecule has 2 fully saturated rings. The van der Waals surface area contributed by atoms with Crippen molar-refractivity contribution >= 4 is 34.9 Å². The topological polar surface area (TPSA) is 69.4 Å². The molecule has 3 aromatic rings. The molecule has 6 rings (SSSR count). The van der Waals surface area contributed by atoms with E-state index in [0.717, 1.165) is 49.5 Å².